The molecule has 5 heteroatoms. The highest BCUT2D eigenvalue weighted by atomic mass is 32.2. The molecule has 0 fully saturated rings. The van der Waals surface area contributed by atoms with E-state index in [-0.39, 0.29) is 11.4 Å². The fraction of sp³-hybridized carbons (Fsp3) is 0.429. The van der Waals surface area contributed by atoms with Crippen LogP contribution in [0.5, 0.6) is 0 Å². The van der Waals surface area contributed by atoms with Gasteiger partial charge in [0.25, 0.3) is 0 Å². The molecular formula is C14H20N2O2S. The van der Waals surface area contributed by atoms with Gasteiger partial charge in [-0.05, 0) is 37.5 Å². The van der Waals surface area contributed by atoms with Gasteiger partial charge in [0.1, 0.15) is 0 Å². The predicted octanol–water partition coefficient (Wildman–Crippen LogP) is 1.92. The summed E-state index contributed by atoms with van der Waals surface area (Å²) >= 11 is 0. The van der Waals surface area contributed by atoms with E-state index in [9.17, 15) is 8.42 Å². The number of anilines is 1. The van der Waals surface area contributed by atoms with Gasteiger partial charge < -0.3 is 5.73 Å². The van der Waals surface area contributed by atoms with Gasteiger partial charge in [-0.3, -0.25) is 0 Å². The molecule has 0 saturated heterocycles. The summed E-state index contributed by atoms with van der Waals surface area (Å²) in [6.45, 7) is 5.87. The third kappa shape index (κ3) is 3.09. The van der Waals surface area contributed by atoms with Crippen LogP contribution in [-0.4, -0.2) is 25.8 Å². The Hall–Kier alpha value is -1.51. The van der Waals surface area contributed by atoms with Crippen LogP contribution in [0.1, 0.15) is 24.5 Å². The smallest absolute Gasteiger partial charge is 0.244 e. The summed E-state index contributed by atoms with van der Waals surface area (Å²) in [5.74, 6) is 2.40. The molecule has 0 aliphatic rings. The maximum absolute atomic E-state index is 12.7. The SMILES string of the molecule is C#CCN(CCC)S(=O)(=O)c1c(C)ccc(N)c1C. The second kappa shape index (κ2) is 6.09. The fourth-order valence-corrected chi connectivity index (χ4v) is 3.91. The monoisotopic (exact) mass is 280 g/mol. The first-order valence-electron chi connectivity index (χ1n) is 6.15. The highest BCUT2D eigenvalue weighted by Gasteiger charge is 2.27. The van der Waals surface area contributed by atoms with Crippen LogP contribution in [-0.2, 0) is 10.0 Å². The highest BCUT2D eigenvalue weighted by Crippen LogP contribution is 2.27. The first kappa shape index (κ1) is 15.5. The molecule has 0 bridgehead atoms. The molecule has 0 spiro atoms. The number of aryl methyl sites for hydroxylation is 1. The largest absolute Gasteiger partial charge is 0.398 e. The third-order valence-electron chi connectivity index (χ3n) is 2.98. The van der Waals surface area contributed by atoms with Crippen molar-refractivity contribution in [3.63, 3.8) is 0 Å². The molecule has 0 unspecified atom stereocenters. The number of terminal acetylenes is 1. The van der Waals surface area contributed by atoms with Crippen molar-refractivity contribution in [2.45, 2.75) is 32.1 Å². The fourth-order valence-electron chi connectivity index (χ4n) is 2.00. The number of nitrogens with two attached hydrogens (primary N) is 1. The van der Waals surface area contributed by atoms with Gasteiger partial charge in [-0.15, -0.1) is 6.42 Å². The number of nitrogens with zero attached hydrogens (tertiary/aromatic N) is 1. The van der Waals surface area contributed by atoms with Crippen LogP contribution in [0.2, 0.25) is 0 Å². The quantitative estimate of drug-likeness (QED) is 0.662. The number of hydrogen-bond acceptors (Lipinski definition) is 3. The molecule has 19 heavy (non-hydrogen) atoms. The Morgan fingerprint density at radius 2 is 2.00 bits per heavy atom. The highest BCUT2D eigenvalue weighted by molar-refractivity contribution is 7.89. The molecule has 4 nitrogen and oxygen atoms in total. The number of nitrogen functional groups attached to an aromatic ring is 1. The minimum absolute atomic E-state index is 0.0733. The first-order chi connectivity index (χ1) is 8.86. The Bertz CT molecular complexity index is 601. The van der Waals surface area contributed by atoms with Gasteiger partial charge >= 0.3 is 0 Å². The summed E-state index contributed by atoms with van der Waals surface area (Å²) in [6, 6.07) is 3.43. The lowest BCUT2D eigenvalue weighted by atomic mass is 10.1. The normalized spacial score (nSPS) is 11.5. The standard InChI is InChI=1S/C14H20N2O2S/c1-5-9-16(10-6-2)19(17,18)14-11(3)7-8-13(15)12(14)4/h1,7-8H,6,9-10,15H2,2-4H3. The molecule has 0 amide bonds. The summed E-state index contributed by atoms with van der Waals surface area (Å²) < 4.78 is 26.7. The number of benzene rings is 1. The molecule has 0 aliphatic carbocycles. The summed E-state index contributed by atoms with van der Waals surface area (Å²) in [6.07, 6.45) is 5.97. The van der Waals surface area contributed by atoms with Gasteiger partial charge in [0.15, 0.2) is 0 Å². The second-order valence-electron chi connectivity index (χ2n) is 4.47. The number of sulfonamides is 1. The van der Waals surface area contributed by atoms with Crippen molar-refractivity contribution in [3.05, 3.63) is 23.3 Å². The Balaban J connectivity index is 3.42. The average Bonchev–Trinajstić information content (AvgIpc) is 2.34. The lowest BCUT2D eigenvalue weighted by molar-refractivity contribution is 0.445. The molecule has 1 aromatic rings. The van der Waals surface area contributed by atoms with Crippen LogP contribution < -0.4 is 5.73 Å². The second-order valence-corrected chi connectivity index (χ2v) is 6.34. The van der Waals surface area contributed by atoms with Crippen LogP contribution in [0.4, 0.5) is 5.69 Å². The lowest BCUT2D eigenvalue weighted by Gasteiger charge is -2.22. The molecule has 0 radical (unpaired) electrons. The number of hydrogen-bond donors (Lipinski definition) is 1. The average molecular weight is 280 g/mol. The lowest BCUT2D eigenvalue weighted by Crippen LogP contribution is -2.33. The zero-order chi connectivity index (χ0) is 14.6. The first-order valence-corrected chi connectivity index (χ1v) is 7.59. The van der Waals surface area contributed by atoms with Crippen LogP contribution in [0, 0.1) is 26.2 Å². The summed E-state index contributed by atoms with van der Waals surface area (Å²) in [7, 11) is -3.60. The molecule has 0 aromatic heterocycles. The molecule has 0 aliphatic heterocycles. The van der Waals surface area contributed by atoms with Crippen molar-refractivity contribution in [1.82, 2.24) is 4.31 Å². The molecule has 1 aromatic carbocycles. The van der Waals surface area contributed by atoms with E-state index < -0.39 is 10.0 Å². The van der Waals surface area contributed by atoms with Gasteiger partial charge in [-0.1, -0.05) is 18.9 Å². The van der Waals surface area contributed by atoms with Crippen LogP contribution in [0.3, 0.4) is 0 Å². The number of rotatable bonds is 5. The summed E-state index contributed by atoms with van der Waals surface area (Å²) in [5, 5.41) is 0. The van der Waals surface area contributed by atoms with E-state index >= 15 is 0 Å². The molecule has 1 rings (SSSR count). The summed E-state index contributed by atoms with van der Waals surface area (Å²) in [5.41, 5.74) is 7.55. The van der Waals surface area contributed by atoms with Crippen molar-refractivity contribution >= 4 is 15.7 Å². The van der Waals surface area contributed by atoms with Gasteiger partial charge in [-0.25, -0.2) is 8.42 Å². The molecule has 0 heterocycles. The van der Waals surface area contributed by atoms with Gasteiger partial charge in [0.05, 0.1) is 11.4 Å². The Labute approximate surface area is 115 Å². The molecule has 0 saturated carbocycles. The van der Waals surface area contributed by atoms with E-state index in [0.29, 0.717) is 29.8 Å². The molecule has 2 N–H and O–H groups in total. The molecule has 0 atom stereocenters. The zero-order valence-electron chi connectivity index (χ0n) is 11.6. The van der Waals surface area contributed by atoms with Crippen LogP contribution in [0.25, 0.3) is 0 Å². The van der Waals surface area contributed by atoms with E-state index in [1.165, 1.54) is 4.31 Å². The van der Waals surface area contributed by atoms with E-state index in [4.69, 9.17) is 12.2 Å². The predicted molar refractivity (Wildman–Crippen MR) is 78.2 cm³/mol. The molecule has 104 valence electrons. The van der Waals surface area contributed by atoms with Crippen molar-refractivity contribution in [1.29, 1.82) is 0 Å². The van der Waals surface area contributed by atoms with Crippen LogP contribution in [0.15, 0.2) is 17.0 Å². The van der Waals surface area contributed by atoms with E-state index in [0.717, 1.165) is 0 Å². The van der Waals surface area contributed by atoms with Crippen LogP contribution >= 0.6 is 0 Å². The third-order valence-corrected chi connectivity index (χ3v) is 5.12. The maximum Gasteiger partial charge on any atom is 0.244 e. The van der Waals surface area contributed by atoms with Crippen molar-refractivity contribution < 1.29 is 8.42 Å². The Kier molecular flexibility index (Phi) is 4.98. The van der Waals surface area contributed by atoms with E-state index in [2.05, 4.69) is 5.92 Å². The summed E-state index contributed by atoms with van der Waals surface area (Å²) in [4.78, 5) is 0.274. The minimum atomic E-state index is -3.60. The van der Waals surface area contributed by atoms with Gasteiger partial charge in [0.2, 0.25) is 10.0 Å². The maximum atomic E-state index is 12.7. The van der Waals surface area contributed by atoms with E-state index in [1.807, 2.05) is 6.92 Å². The minimum Gasteiger partial charge on any atom is -0.398 e. The van der Waals surface area contributed by atoms with Crippen molar-refractivity contribution in [2.24, 2.45) is 0 Å². The Morgan fingerprint density at radius 1 is 1.37 bits per heavy atom. The van der Waals surface area contributed by atoms with E-state index in [1.54, 1.807) is 26.0 Å². The van der Waals surface area contributed by atoms with Crippen molar-refractivity contribution in [3.8, 4) is 12.3 Å². The zero-order valence-corrected chi connectivity index (χ0v) is 12.4. The van der Waals surface area contributed by atoms with Gasteiger partial charge in [-0.2, -0.15) is 4.31 Å². The molecular weight excluding hydrogens is 260 g/mol. The Morgan fingerprint density at radius 3 is 2.53 bits per heavy atom. The van der Waals surface area contributed by atoms with Crippen molar-refractivity contribution in [2.75, 3.05) is 18.8 Å². The van der Waals surface area contributed by atoms with Gasteiger partial charge in [0, 0.05) is 12.2 Å². The topological polar surface area (TPSA) is 63.4 Å².